The zero-order valence-electron chi connectivity index (χ0n) is 14.3. The maximum Gasteiger partial charge on any atom is 0.241 e. The van der Waals surface area contributed by atoms with Gasteiger partial charge in [-0.05, 0) is 24.3 Å². The highest BCUT2D eigenvalue weighted by Crippen LogP contribution is 2.31. The van der Waals surface area contributed by atoms with Crippen molar-refractivity contribution in [3.8, 4) is 11.5 Å². The average molecular weight is 373 g/mol. The van der Waals surface area contributed by atoms with Gasteiger partial charge in [0.1, 0.15) is 5.82 Å². The van der Waals surface area contributed by atoms with Gasteiger partial charge in [-0.1, -0.05) is 12.1 Å². The molecule has 2 heterocycles. The molecule has 3 aromatic rings. The normalized spacial score (nSPS) is 14.3. The number of aromatic nitrogens is 2. The third-order valence-electron chi connectivity index (χ3n) is 4.33. The van der Waals surface area contributed by atoms with Gasteiger partial charge in [0, 0.05) is 19.5 Å². The van der Waals surface area contributed by atoms with Gasteiger partial charge in [0.25, 0.3) is 0 Å². The number of fused-ring (bicyclic) bond motifs is 2. The summed E-state index contributed by atoms with van der Waals surface area (Å²) in [5.41, 5.74) is 1.79. The maximum atomic E-state index is 12.7. The van der Waals surface area contributed by atoms with Crippen LogP contribution in [-0.2, 0) is 23.6 Å². The highest BCUT2D eigenvalue weighted by molar-refractivity contribution is 7.89. The first-order valence-corrected chi connectivity index (χ1v) is 9.82. The first-order chi connectivity index (χ1) is 12.5. The molecule has 7 nitrogen and oxygen atoms in total. The first kappa shape index (κ1) is 16.9. The van der Waals surface area contributed by atoms with Crippen molar-refractivity contribution in [1.82, 2.24) is 14.3 Å². The second kappa shape index (κ2) is 6.62. The van der Waals surface area contributed by atoms with E-state index in [9.17, 15) is 8.42 Å². The predicted octanol–water partition coefficient (Wildman–Crippen LogP) is 2.21. The lowest BCUT2D eigenvalue weighted by Crippen LogP contribution is -2.24. The monoisotopic (exact) mass is 373 g/mol. The molecule has 0 aliphatic carbocycles. The van der Waals surface area contributed by atoms with Crippen molar-refractivity contribution >= 4 is 21.1 Å². The molecule has 0 bridgehead atoms. The van der Waals surface area contributed by atoms with E-state index in [0.29, 0.717) is 30.5 Å². The molecule has 0 saturated heterocycles. The van der Waals surface area contributed by atoms with Crippen LogP contribution in [0.3, 0.4) is 0 Å². The summed E-state index contributed by atoms with van der Waals surface area (Å²) in [5, 5.41) is 0. The molecule has 0 spiro atoms. The van der Waals surface area contributed by atoms with Crippen molar-refractivity contribution < 1.29 is 17.9 Å². The fraction of sp³-hybridized carbons (Fsp3) is 0.278. The SMILES string of the molecule is Cn1c(CNS(=O)(=O)c2ccc3c(c2)OCCCO3)nc2ccccc21. The summed E-state index contributed by atoms with van der Waals surface area (Å²) in [4.78, 5) is 4.62. The number of hydrogen-bond donors (Lipinski definition) is 1. The van der Waals surface area contributed by atoms with E-state index in [1.54, 1.807) is 6.07 Å². The molecule has 0 amide bonds. The molecule has 1 N–H and O–H groups in total. The van der Waals surface area contributed by atoms with Gasteiger partial charge < -0.3 is 14.0 Å². The Kier molecular flexibility index (Phi) is 4.29. The van der Waals surface area contributed by atoms with Crippen LogP contribution in [0, 0.1) is 0 Å². The predicted molar refractivity (Wildman–Crippen MR) is 96.8 cm³/mol. The van der Waals surface area contributed by atoms with Gasteiger partial charge >= 0.3 is 0 Å². The Morgan fingerprint density at radius 3 is 2.69 bits per heavy atom. The average Bonchev–Trinajstić information content (AvgIpc) is 2.82. The number of nitrogens with zero attached hydrogens (tertiary/aromatic N) is 2. The minimum absolute atomic E-state index is 0.0992. The smallest absolute Gasteiger partial charge is 0.241 e. The fourth-order valence-electron chi connectivity index (χ4n) is 2.91. The van der Waals surface area contributed by atoms with Crippen LogP contribution < -0.4 is 14.2 Å². The fourth-order valence-corrected chi connectivity index (χ4v) is 3.90. The number of sulfonamides is 1. The van der Waals surface area contributed by atoms with E-state index < -0.39 is 10.0 Å². The van der Waals surface area contributed by atoms with Crippen LogP contribution >= 0.6 is 0 Å². The first-order valence-electron chi connectivity index (χ1n) is 8.34. The minimum Gasteiger partial charge on any atom is -0.490 e. The van der Waals surface area contributed by atoms with Crippen LogP contribution in [0.1, 0.15) is 12.2 Å². The number of benzene rings is 2. The van der Waals surface area contributed by atoms with E-state index >= 15 is 0 Å². The lowest BCUT2D eigenvalue weighted by molar-refractivity contribution is 0.297. The summed E-state index contributed by atoms with van der Waals surface area (Å²) in [6.07, 6.45) is 0.766. The van der Waals surface area contributed by atoms with Crippen molar-refractivity contribution in [2.24, 2.45) is 7.05 Å². The Bertz CT molecular complexity index is 1060. The molecular formula is C18H19N3O4S. The molecule has 0 saturated carbocycles. The third kappa shape index (κ3) is 3.13. The van der Waals surface area contributed by atoms with Gasteiger partial charge in [-0.15, -0.1) is 0 Å². The summed E-state index contributed by atoms with van der Waals surface area (Å²) in [5.74, 6) is 1.66. The van der Waals surface area contributed by atoms with E-state index in [2.05, 4.69) is 9.71 Å². The number of aryl methyl sites for hydroxylation is 1. The van der Waals surface area contributed by atoms with Crippen LogP contribution in [0.15, 0.2) is 47.4 Å². The third-order valence-corrected chi connectivity index (χ3v) is 5.73. The molecule has 1 aliphatic heterocycles. The van der Waals surface area contributed by atoms with Gasteiger partial charge in [0.2, 0.25) is 10.0 Å². The Labute approximate surface area is 151 Å². The van der Waals surface area contributed by atoms with Gasteiger partial charge in [-0.2, -0.15) is 0 Å². The molecule has 1 aliphatic rings. The van der Waals surface area contributed by atoms with Crippen molar-refractivity contribution in [1.29, 1.82) is 0 Å². The Balaban J connectivity index is 1.57. The minimum atomic E-state index is -3.70. The zero-order valence-corrected chi connectivity index (χ0v) is 15.1. The van der Waals surface area contributed by atoms with Gasteiger partial charge in [-0.3, -0.25) is 0 Å². The number of nitrogens with one attached hydrogen (secondary N) is 1. The van der Waals surface area contributed by atoms with Gasteiger partial charge in [0.05, 0.1) is 35.7 Å². The Morgan fingerprint density at radius 1 is 1.12 bits per heavy atom. The lowest BCUT2D eigenvalue weighted by atomic mass is 10.3. The number of hydrogen-bond acceptors (Lipinski definition) is 5. The standard InChI is InChI=1S/C18H19N3O4S/c1-21-15-6-3-2-5-14(15)20-18(21)12-19-26(22,23)13-7-8-16-17(11-13)25-10-4-9-24-16/h2-3,5-8,11,19H,4,9-10,12H2,1H3. The van der Waals surface area contributed by atoms with Crippen molar-refractivity contribution in [3.05, 3.63) is 48.3 Å². The van der Waals surface area contributed by atoms with Crippen molar-refractivity contribution in [2.75, 3.05) is 13.2 Å². The lowest BCUT2D eigenvalue weighted by Gasteiger charge is -2.11. The topological polar surface area (TPSA) is 82.5 Å². The second-order valence-electron chi connectivity index (χ2n) is 6.06. The molecule has 0 atom stereocenters. The zero-order chi connectivity index (χ0) is 18.1. The van der Waals surface area contributed by atoms with Crippen LogP contribution in [0.2, 0.25) is 0 Å². The van der Waals surface area contributed by atoms with Gasteiger partial charge in [0.15, 0.2) is 11.5 Å². The molecule has 8 heteroatoms. The number of para-hydroxylation sites is 2. The molecule has 136 valence electrons. The molecule has 0 radical (unpaired) electrons. The summed E-state index contributed by atoms with van der Waals surface area (Å²) in [6.45, 7) is 1.16. The summed E-state index contributed by atoms with van der Waals surface area (Å²) < 4.78 is 40.9. The van der Waals surface area contributed by atoms with Gasteiger partial charge in [-0.25, -0.2) is 18.1 Å². The molecule has 2 aromatic carbocycles. The summed E-state index contributed by atoms with van der Waals surface area (Å²) >= 11 is 0. The molecule has 1 aromatic heterocycles. The molecule has 0 fully saturated rings. The molecule has 4 rings (SSSR count). The van der Waals surface area contributed by atoms with Crippen LogP contribution in [0.5, 0.6) is 11.5 Å². The van der Waals surface area contributed by atoms with E-state index in [1.165, 1.54) is 12.1 Å². The largest absolute Gasteiger partial charge is 0.490 e. The quantitative estimate of drug-likeness (QED) is 0.758. The van der Waals surface area contributed by atoms with E-state index in [1.807, 2.05) is 35.9 Å². The van der Waals surface area contributed by atoms with E-state index in [4.69, 9.17) is 9.47 Å². The molecular weight excluding hydrogens is 354 g/mol. The van der Waals surface area contributed by atoms with Crippen LogP contribution in [-0.4, -0.2) is 31.2 Å². The van der Waals surface area contributed by atoms with Crippen molar-refractivity contribution in [2.45, 2.75) is 17.9 Å². The van der Waals surface area contributed by atoms with E-state index in [-0.39, 0.29) is 11.4 Å². The number of imidazole rings is 1. The van der Waals surface area contributed by atoms with Crippen molar-refractivity contribution in [3.63, 3.8) is 0 Å². The second-order valence-corrected chi connectivity index (χ2v) is 7.83. The Morgan fingerprint density at radius 2 is 1.88 bits per heavy atom. The summed E-state index contributed by atoms with van der Waals surface area (Å²) in [7, 11) is -1.83. The highest BCUT2D eigenvalue weighted by Gasteiger charge is 2.19. The Hall–Kier alpha value is -2.58. The molecule has 0 unspecified atom stereocenters. The summed E-state index contributed by atoms with van der Waals surface area (Å²) in [6, 6.07) is 12.3. The number of ether oxygens (including phenoxy) is 2. The van der Waals surface area contributed by atoms with E-state index in [0.717, 1.165) is 17.5 Å². The molecule has 26 heavy (non-hydrogen) atoms. The van der Waals surface area contributed by atoms with Crippen LogP contribution in [0.25, 0.3) is 11.0 Å². The highest BCUT2D eigenvalue weighted by atomic mass is 32.2. The number of rotatable bonds is 4. The maximum absolute atomic E-state index is 12.7. The van der Waals surface area contributed by atoms with Crippen LogP contribution in [0.4, 0.5) is 0 Å².